The topological polar surface area (TPSA) is 20.2 Å². The maximum Gasteiger partial charge on any atom is 0.122 e. The van der Waals surface area contributed by atoms with Crippen LogP contribution in [0.5, 0.6) is 5.75 Å². The number of aryl methyl sites for hydroxylation is 1. The van der Waals surface area contributed by atoms with Gasteiger partial charge in [0.05, 0.1) is 0 Å². The summed E-state index contributed by atoms with van der Waals surface area (Å²) in [6.07, 6.45) is 4.10. The summed E-state index contributed by atoms with van der Waals surface area (Å²) in [5.41, 5.74) is 1.96. The van der Waals surface area contributed by atoms with Gasteiger partial charge >= 0.3 is 0 Å². The summed E-state index contributed by atoms with van der Waals surface area (Å²) in [7, 11) is 0. The van der Waals surface area contributed by atoms with Gasteiger partial charge in [-0.25, -0.2) is 0 Å². The maximum absolute atomic E-state index is 9.72. The molecule has 0 amide bonds. The first-order valence-corrected chi connectivity index (χ1v) is 6.48. The Kier molecular flexibility index (Phi) is 3.56. The van der Waals surface area contributed by atoms with Crippen LogP contribution in [-0.4, -0.2) is 17.6 Å². The van der Waals surface area contributed by atoms with Crippen molar-refractivity contribution < 1.29 is 5.11 Å². The molecule has 0 radical (unpaired) electrons. The molecule has 0 aliphatic heterocycles. The van der Waals surface area contributed by atoms with E-state index in [1.807, 2.05) is 26.2 Å². The molecule has 0 spiro atoms. The van der Waals surface area contributed by atoms with Gasteiger partial charge < -0.3 is 5.11 Å². The van der Waals surface area contributed by atoms with Crippen LogP contribution in [0.3, 0.4) is 0 Å². The van der Waals surface area contributed by atoms with E-state index < -0.39 is 0 Å². The molecule has 0 saturated carbocycles. The average Bonchev–Trinajstić information content (AvgIpc) is 2.13. The van der Waals surface area contributed by atoms with Gasteiger partial charge in [-0.3, -0.25) is 0 Å². The predicted octanol–water partition coefficient (Wildman–Crippen LogP) is 3.45. The predicted molar refractivity (Wildman–Crippen MR) is 61.1 cm³/mol. The molecule has 1 N–H and O–H groups in total. The molecule has 0 aliphatic rings. The fraction of sp³-hybridized carbons (Fsp3) is 0.400. The lowest BCUT2D eigenvalue weighted by Gasteiger charge is -2.12. The third-order valence-corrected chi connectivity index (χ3v) is 3.89. The average molecular weight is 214 g/mol. The van der Waals surface area contributed by atoms with Gasteiger partial charge in [0.2, 0.25) is 0 Å². The van der Waals surface area contributed by atoms with Crippen LogP contribution in [0.1, 0.15) is 11.1 Å². The second kappa shape index (κ2) is 4.29. The van der Waals surface area contributed by atoms with Crippen LogP contribution >= 0.6 is 23.5 Å². The highest BCUT2D eigenvalue weighted by molar-refractivity contribution is 8.01. The first kappa shape index (κ1) is 10.8. The Hall–Kier alpha value is -0.280. The molecule has 1 aromatic rings. The maximum atomic E-state index is 9.72. The fourth-order valence-corrected chi connectivity index (χ4v) is 3.12. The summed E-state index contributed by atoms with van der Waals surface area (Å²) in [5.74, 6) is 0.433. The number of thioether (sulfide) groups is 2. The van der Waals surface area contributed by atoms with Crippen LogP contribution in [0, 0.1) is 13.8 Å². The SMILES string of the molecule is CSc1cc(C)c(O)c(C)c1SC. The van der Waals surface area contributed by atoms with Crippen LogP contribution in [0.25, 0.3) is 0 Å². The smallest absolute Gasteiger partial charge is 0.122 e. The second-order valence-electron chi connectivity index (χ2n) is 2.90. The van der Waals surface area contributed by atoms with Crippen LogP contribution in [0.2, 0.25) is 0 Å². The summed E-state index contributed by atoms with van der Waals surface area (Å²) in [6, 6.07) is 2.04. The molecular formula is C10H14OS2. The lowest BCUT2D eigenvalue weighted by molar-refractivity contribution is 0.464. The van der Waals surface area contributed by atoms with Gasteiger partial charge in [0, 0.05) is 15.4 Å². The van der Waals surface area contributed by atoms with Crippen LogP contribution in [-0.2, 0) is 0 Å². The number of phenols is 1. The molecule has 0 aromatic heterocycles. The van der Waals surface area contributed by atoms with E-state index in [2.05, 4.69) is 6.26 Å². The summed E-state index contributed by atoms with van der Waals surface area (Å²) in [5, 5.41) is 9.72. The Morgan fingerprint density at radius 2 is 1.77 bits per heavy atom. The van der Waals surface area contributed by atoms with Crippen molar-refractivity contribution in [2.45, 2.75) is 23.6 Å². The molecule has 0 unspecified atom stereocenters. The van der Waals surface area contributed by atoms with Crippen molar-refractivity contribution in [1.29, 1.82) is 0 Å². The van der Waals surface area contributed by atoms with E-state index >= 15 is 0 Å². The first-order chi connectivity index (χ1) is 6.11. The largest absolute Gasteiger partial charge is 0.507 e. The summed E-state index contributed by atoms with van der Waals surface area (Å²) >= 11 is 3.41. The Morgan fingerprint density at radius 1 is 1.15 bits per heavy atom. The van der Waals surface area contributed by atoms with Crippen molar-refractivity contribution in [2.75, 3.05) is 12.5 Å². The van der Waals surface area contributed by atoms with E-state index in [0.29, 0.717) is 5.75 Å². The summed E-state index contributed by atoms with van der Waals surface area (Å²) in [6.45, 7) is 3.90. The van der Waals surface area contributed by atoms with E-state index in [1.165, 1.54) is 9.79 Å². The van der Waals surface area contributed by atoms with Crippen LogP contribution < -0.4 is 0 Å². The zero-order chi connectivity index (χ0) is 10.0. The van der Waals surface area contributed by atoms with Gasteiger partial charge in [0.25, 0.3) is 0 Å². The quantitative estimate of drug-likeness (QED) is 0.761. The molecule has 0 aliphatic carbocycles. The number of aromatic hydroxyl groups is 1. The zero-order valence-electron chi connectivity index (χ0n) is 8.34. The molecule has 3 heteroatoms. The highest BCUT2D eigenvalue weighted by Crippen LogP contribution is 2.37. The molecule has 13 heavy (non-hydrogen) atoms. The van der Waals surface area contributed by atoms with Gasteiger partial charge in [-0.2, -0.15) is 0 Å². The van der Waals surface area contributed by atoms with E-state index in [4.69, 9.17) is 0 Å². The fourth-order valence-electron chi connectivity index (χ4n) is 1.32. The normalized spacial score (nSPS) is 10.5. The van der Waals surface area contributed by atoms with Crippen molar-refractivity contribution in [1.82, 2.24) is 0 Å². The molecule has 1 nitrogen and oxygen atoms in total. The highest BCUT2D eigenvalue weighted by atomic mass is 32.2. The van der Waals surface area contributed by atoms with Gasteiger partial charge in [0.1, 0.15) is 5.75 Å². The summed E-state index contributed by atoms with van der Waals surface area (Å²) < 4.78 is 0. The minimum Gasteiger partial charge on any atom is -0.507 e. The van der Waals surface area contributed by atoms with Crippen molar-refractivity contribution in [3.63, 3.8) is 0 Å². The Morgan fingerprint density at radius 3 is 2.23 bits per heavy atom. The molecular weight excluding hydrogens is 200 g/mol. The monoisotopic (exact) mass is 214 g/mol. The lowest BCUT2D eigenvalue weighted by Crippen LogP contribution is -1.87. The van der Waals surface area contributed by atoms with Gasteiger partial charge in [-0.1, -0.05) is 0 Å². The zero-order valence-corrected chi connectivity index (χ0v) is 9.97. The van der Waals surface area contributed by atoms with E-state index in [9.17, 15) is 5.11 Å². The molecule has 0 saturated heterocycles. The first-order valence-electron chi connectivity index (χ1n) is 4.03. The summed E-state index contributed by atoms with van der Waals surface area (Å²) in [4.78, 5) is 2.44. The minimum absolute atomic E-state index is 0.433. The number of hydrogen-bond donors (Lipinski definition) is 1. The number of rotatable bonds is 2. The number of hydrogen-bond acceptors (Lipinski definition) is 3. The molecule has 0 fully saturated rings. The Balaban J connectivity index is 3.39. The Bertz CT molecular complexity index is 321. The molecule has 0 atom stereocenters. The Labute approximate surface area is 87.9 Å². The van der Waals surface area contributed by atoms with Gasteiger partial charge in [-0.05, 0) is 38.0 Å². The standard InChI is InChI=1S/C10H14OS2/c1-6-5-8(12-3)10(13-4)7(2)9(6)11/h5,11H,1-4H3. The van der Waals surface area contributed by atoms with Crippen LogP contribution in [0.15, 0.2) is 15.9 Å². The van der Waals surface area contributed by atoms with Crippen molar-refractivity contribution >= 4 is 23.5 Å². The lowest BCUT2D eigenvalue weighted by atomic mass is 10.1. The van der Waals surface area contributed by atoms with Gasteiger partial charge in [0.15, 0.2) is 0 Å². The molecule has 1 aromatic carbocycles. The molecule has 72 valence electrons. The minimum atomic E-state index is 0.433. The number of phenolic OH excluding ortho intramolecular Hbond substituents is 1. The van der Waals surface area contributed by atoms with E-state index in [0.717, 1.165) is 11.1 Å². The molecule has 0 bridgehead atoms. The van der Waals surface area contributed by atoms with E-state index in [1.54, 1.807) is 23.5 Å². The van der Waals surface area contributed by atoms with Crippen molar-refractivity contribution in [2.24, 2.45) is 0 Å². The van der Waals surface area contributed by atoms with Crippen LogP contribution in [0.4, 0.5) is 0 Å². The van der Waals surface area contributed by atoms with Gasteiger partial charge in [-0.15, -0.1) is 23.5 Å². The highest BCUT2D eigenvalue weighted by Gasteiger charge is 2.10. The third kappa shape index (κ3) is 1.97. The molecule has 1 rings (SSSR count). The van der Waals surface area contributed by atoms with Crippen molar-refractivity contribution in [3.8, 4) is 5.75 Å². The van der Waals surface area contributed by atoms with Crippen molar-refractivity contribution in [3.05, 3.63) is 17.2 Å². The third-order valence-electron chi connectivity index (χ3n) is 2.06. The molecule has 0 heterocycles. The second-order valence-corrected chi connectivity index (χ2v) is 4.57. The number of benzene rings is 1. The van der Waals surface area contributed by atoms with E-state index in [-0.39, 0.29) is 0 Å².